The third kappa shape index (κ3) is 4.13. The highest BCUT2D eigenvalue weighted by atomic mass is 32.2. The molecule has 1 aromatic carbocycles. The zero-order valence-electron chi connectivity index (χ0n) is 14.9. The number of hydrogen-bond acceptors (Lipinski definition) is 4. The first kappa shape index (κ1) is 18.6. The van der Waals surface area contributed by atoms with E-state index in [1.807, 2.05) is 17.7 Å². The van der Waals surface area contributed by atoms with Crippen LogP contribution in [0, 0.1) is 0 Å². The van der Waals surface area contributed by atoms with Gasteiger partial charge in [-0.05, 0) is 31.0 Å². The highest BCUT2D eigenvalue weighted by Crippen LogP contribution is 2.16. The number of hydrogen-bond donors (Lipinski definition) is 1. The summed E-state index contributed by atoms with van der Waals surface area (Å²) in [5.41, 5.74) is 0.414. The van der Waals surface area contributed by atoms with Gasteiger partial charge in [-0.1, -0.05) is 13.0 Å². The van der Waals surface area contributed by atoms with Gasteiger partial charge in [-0.3, -0.25) is 4.79 Å². The smallest absolute Gasteiger partial charge is 0.253 e. The van der Waals surface area contributed by atoms with Crippen molar-refractivity contribution in [3.8, 4) is 0 Å². The molecule has 2 aromatic rings. The zero-order chi connectivity index (χ0) is 18.6. The van der Waals surface area contributed by atoms with Crippen molar-refractivity contribution in [2.45, 2.75) is 37.6 Å². The zero-order valence-corrected chi connectivity index (χ0v) is 15.7. The number of sulfonamides is 1. The molecule has 8 heteroatoms. The maximum Gasteiger partial charge on any atom is 0.253 e. The second-order valence-corrected chi connectivity index (χ2v) is 8.08. The fourth-order valence-corrected chi connectivity index (χ4v) is 4.21. The largest absolute Gasteiger partial charge is 0.339 e. The van der Waals surface area contributed by atoms with Crippen molar-refractivity contribution in [2.75, 3.05) is 19.6 Å². The highest BCUT2D eigenvalue weighted by Gasteiger charge is 2.21. The van der Waals surface area contributed by atoms with E-state index in [9.17, 15) is 13.2 Å². The number of benzene rings is 1. The van der Waals surface area contributed by atoms with Crippen molar-refractivity contribution >= 4 is 15.9 Å². The van der Waals surface area contributed by atoms with Crippen LogP contribution in [0.5, 0.6) is 0 Å². The maximum atomic E-state index is 12.6. The molecule has 0 unspecified atom stereocenters. The fraction of sp³-hybridized carbons (Fsp3) is 0.444. The van der Waals surface area contributed by atoms with Gasteiger partial charge in [0.05, 0.1) is 4.90 Å². The Morgan fingerprint density at radius 2 is 2.04 bits per heavy atom. The summed E-state index contributed by atoms with van der Waals surface area (Å²) in [6, 6.07) is 6.25. The third-order valence-corrected chi connectivity index (χ3v) is 6.01. The maximum absolute atomic E-state index is 12.6. The Balaban J connectivity index is 1.67. The average Bonchev–Trinajstić information content (AvgIpc) is 3.33. The van der Waals surface area contributed by atoms with E-state index in [-0.39, 0.29) is 17.3 Å². The summed E-state index contributed by atoms with van der Waals surface area (Å²) in [6.45, 7) is 4.24. The summed E-state index contributed by atoms with van der Waals surface area (Å²) in [4.78, 5) is 18.6. The van der Waals surface area contributed by atoms with Crippen LogP contribution in [-0.4, -0.2) is 48.4 Å². The van der Waals surface area contributed by atoms with E-state index < -0.39 is 10.0 Å². The Kier molecular flexibility index (Phi) is 5.73. The van der Waals surface area contributed by atoms with Gasteiger partial charge in [0.2, 0.25) is 10.0 Å². The molecule has 26 heavy (non-hydrogen) atoms. The van der Waals surface area contributed by atoms with Crippen molar-refractivity contribution in [3.63, 3.8) is 0 Å². The van der Waals surface area contributed by atoms with E-state index in [0.29, 0.717) is 12.1 Å². The summed E-state index contributed by atoms with van der Waals surface area (Å²) >= 11 is 0. The molecule has 0 bridgehead atoms. The highest BCUT2D eigenvalue weighted by molar-refractivity contribution is 7.89. The van der Waals surface area contributed by atoms with Gasteiger partial charge in [-0.15, -0.1) is 0 Å². The van der Waals surface area contributed by atoms with E-state index in [2.05, 4.69) is 9.71 Å². The molecule has 0 atom stereocenters. The summed E-state index contributed by atoms with van der Waals surface area (Å²) < 4.78 is 29.6. The molecule has 0 saturated carbocycles. The molecular weight excluding hydrogens is 352 g/mol. The van der Waals surface area contributed by atoms with Gasteiger partial charge in [0.25, 0.3) is 5.91 Å². The van der Waals surface area contributed by atoms with Crippen LogP contribution < -0.4 is 4.72 Å². The Morgan fingerprint density at radius 1 is 1.27 bits per heavy atom. The van der Waals surface area contributed by atoms with Crippen LogP contribution in [0.2, 0.25) is 0 Å². The lowest BCUT2D eigenvalue weighted by atomic mass is 10.2. The molecule has 0 radical (unpaired) electrons. The van der Waals surface area contributed by atoms with Crippen molar-refractivity contribution in [1.29, 1.82) is 0 Å². The van der Waals surface area contributed by atoms with E-state index >= 15 is 0 Å². The first-order valence-corrected chi connectivity index (χ1v) is 10.4. The number of nitrogens with one attached hydrogen (secondary N) is 1. The predicted octanol–water partition coefficient (Wildman–Crippen LogP) is 1.66. The number of nitrogens with zero attached hydrogens (tertiary/aromatic N) is 3. The van der Waals surface area contributed by atoms with Gasteiger partial charge in [0, 0.05) is 50.6 Å². The molecule has 3 rings (SSSR count). The minimum atomic E-state index is -3.67. The first-order valence-electron chi connectivity index (χ1n) is 8.90. The lowest BCUT2D eigenvalue weighted by molar-refractivity contribution is 0.0792. The van der Waals surface area contributed by atoms with E-state index in [4.69, 9.17) is 0 Å². The quantitative estimate of drug-likeness (QED) is 0.796. The van der Waals surface area contributed by atoms with Gasteiger partial charge in [0.1, 0.15) is 5.82 Å². The standard InChI is InChI=1S/C18H24N4O3S/c1-2-17-19-8-12-21(17)13-9-20-26(24,25)16-7-5-6-15(14-16)18(23)22-10-3-4-11-22/h5-8,12,14,20H,2-4,9-11,13H2,1H3. The Hall–Kier alpha value is -2.19. The molecule has 1 aromatic heterocycles. The van der Waals surface area contributed by atoms with Gasteiger partial charge in [-0.25, -0.2) is 18.1 Å². The van der Waals surface area contributed by atoms with Crippen LogP contribution >= 0.6 is 0 Å². The molecule has 7 nitrogen and oxygen atoms in total. The van der Waals surface area contributed by atoms with Crippen LogP contribution in [0.4, 0.5) is 0 Å². The lowest BCUT2D eigenvalue weighted by Gasteiger charge is -2.16. The Morgan fingerprint density at radius 3 is 2.77 bits per heavy atom. The number of carbonyl (C=O) groups is 1. The van der Waals surface area contributed by atoms with Gasteiger partial charge in [0.15, 0.2) is 0 Å². The third-order valence-electron chi connectivity index (χ3n) is 4.55. The molecule has 1 aliphatic heterocycles. The first-order chi connectivity index (χ1) is 12.5. The second kappa shape index (κ2) is 8.01. The topological polar surface area (TPSA) is 84.3 Å². The number of likely N-dealkylation sites (tertiary alicyclic amines) is 1. The van der Waals surface area contributed by atoms with E-state index in [1.165, 1.54) is 12.1 Å². The predicted molar refractivity (Wildman–Crippen MR) is 98.4 cm³/mol. The number of aryl methyl sites for hydroxylation is 1. The van der Waals surface area contributed by atoms with E-state index in [1.54, 1.807) is 23.2 Å². The van der Waals surface area contributed by atoms with Gasteiger partial charge < -0.3 is 9.47 Å². The van der Waals surface area contributed by atoms with Crippen LogP contribution in [0.15, 0.2) is 41.6 Å². The summed E-state index contributed by atoms with van der Waals surface area (Å²) in [7, 11) is -3.67. The fourth-order valence-electron chi connectivity index (χ4n) is 3.14. The van der Waals surface area contributed by atoms with Crippen LogP contribution in [0.3, 0.4) is 0 Å². The Labute approximate surface area is 154 Å². The number of carbonyl (C=O) groups excluding carboxylic acids is 1. The Bertz CT molecular complexity index is 870. The molecule has 0 spiro atoms. The summed E-state index contributed by atoms with van der Waals surface area (Å²) in [5, 5.41) is 0. The molecular formula is C18H24N4O3S. The minimum Gasteiger partial charge on any atom is -0.339 e. The number of amides is 1. The van der Waals surface area contributed by atoms with E-state index in [0.717, 1.165) is 38.2 Å². The van der Waals surface area contributed by atoms with Crippen molar-refractivity contribution in [1.82, 2.24) is 19.2 Å². The molecule has 1 N–H and O–H groups in total. The SMILES string of the molecule is CCc1nccn1CCNS(=O)(=O)c1cccc(C(=O)N2CCCC2)c1. The van der Waals surface area contributed by atoms with Crippen LogP contribution in [0.1, 0.15) is 35.9 Å². The number of rotatable bonds is 7. The average molecular weight is 376 g/mol. The van der Waals surface area contributed by atoms with Crippen molar-refractivity contribution in [3.05, 3.63) is 48.0 Å². The molecule has 1 saturated heterocycles. The minimum absolute atomic E-state index is 0.106. The summed E-state index contributed by atoms with van der Waals surface area (Å²) in [6.07, 6.45) is 6.34. The molecule has 1 aliphatic rings. The molecule has 140 valence electrons. The molecule has 1 amide bonds. The van der Waals surface area contributed by atoms with Gasteiger partial charge >= 0.3 is 0 Å². The van der Waals surface area contributed by atoms with Crippen molar-refractivity contribution < 1.29 is 13.2 Å². The number of aromatic nitrogens is 2. The molecule has 1 fully saturated rings. The second-order valence-electron chi connectivity index (χ2n) is 6.32. The van der Waals surface area contributed by atoms with Crippen LogP contribution in [-0.2, 0) is 23.0 Å². The number of imidazole rings is 1. The lowest BCUT2D eigenvalue weighted by Crippen LogP contribution is -2.29. The van der Waals surface area contributed by atoms with Crippen molar-refractivity contribution in [2.24, 2.45) is 0 Å². The molecule has 0 aliphatic carbocycles. The molecule has 2 heterocycles. The van der Waals surface area contributed by atoms with Crippen LogP contribution in [0.25, 0.3) is 0 Å². The summed E-state index contributed by atoms with van der Waals surface area (Å²) in [5.74, 6) is 0.813. The normalized spacial score (nSPS) is 14.7. The monoisotopic (exact) mass is 376 g/mol. The van der Waals surface area contributed by atoms with Gasteiger partial charge in [-0.2, -0.15) is 0 Å².